The first-order valence-electron chi connectivity index (χ1n) is 11.6. The lowest BCUT2D eigenvalue weighted by Gasteiger charge is -2.48. The van der Waals surface area contributed by atoms with E-state index in [9.17, 15) is 9.59 Å². The molecule has 0 bridgehead atoms. The van der Waals surface area contributed by atoms with Crippen LogP contribution in [0.15, 0.2) is 18.2 Å². The Balaban J connectivity index is 1.83. The minimum atomic E-state index is -0.780. The third kappa shape index (κ3) is 5.35. The summed E-state index contributed by atoms with van der Waals surface area (Å²) in [4.78, 5) is 27.0. The Kier molecular flexibility index (Phi) is 8.23. The van der Waals surface area contributed by atoms with Crippen LogP contribution in [0.2, 0.25) is 5.02 Å². The molecule has 2 fully saturated rings. The first kappa shape index (κ1) is 23.9. The number of halogens is 1. The molecule has 1 saturated carbocycles. The third-order valence-electron chi connectivity index (χ3n) is 7.28. The van der Waals surface area contributed by atoms with E-state index >= 15 is 0 Å². The molecule has 0 aromatic heterocycles. The highest BCUT2D eigenvalue weighted by Gasteiger charge is 2.53. The molecule has 1 aromatic rings. The van der Waals surface area contributed by atoms with Gasteiger partial charge in [0.15, 0.2) is 0 Å². The molecule has 6 nitrogen and oxygen atoms in total. The summed E-state index contributed by atoms with van der Waals surface area (Å²) < 4.78 is 0. The number of hydrogen-bond donors (Lipinski definition) is 2. The number of anilines is 1. The zero-order chi connectivity index (χ0) is 22.4. The Labute approximate surface area is 190 Å². The number of benzene rings is 1. The molecule has 7 heteroatoms. The molecule has 1 aliphatic heterocycles. The van der Waals surface area contributed by atoms with E-state index in [1.165, 1.54) is 24.8 Å². The molecule has 2 atom stereocenters. The number of carboxylic acids is 1. The fraction of sp³-hybridized carbons (Fsp3) is 0.667. The second-order valence-corrected chi connectivity index (χ2v) is 9.60. The Bertz CT molecular complexity index is 766. The van der Waals surface area contributed by atoms with Gasteiger partial charge in [-0.1, -0.05) is 36.9 Å². The summed E-state index contributed by atoms with van der Waals surface area (Å²) in [6.07, 6.45) is 9.42. The molecule has 2 N–H and O–H groups in total. The fourth-order valence-electron chi connectivity index (χ4n) is 5.82. The Hall–Kier alpha value is -1.79. The maximum atomic E-state index is 11.8. The number of nitrogens with zero attached hydrogens (tertiary/aromatic N) is 2. The van der Waals surface area contributed by atoms with E-state index in [1.807, 2.05) is 24.1 Å². The lowest BCUT2D eigenvalue weighted by atomic mass is 9.70. The first-order valence-corrected chi connectivity index (χ1v) is 11.9. The summed E-state index contributed by atoms with van der Waals surface area (Å²) in [5.41, 5.74) is 2.46. The van der Waals surface area contributed by atoms with Gasteiger partial charge in [0.2, 0.25) is 6.41 Å². The molecule has 0 radical (unpaired) electrons. The van der Waals surface area contributed by atoms with Crippen LogP contribution in [0, 0.1) is 0 Å². The highest BCUT2D eigenvalue weighted by molar-refractivity contribution is 6.30. The number of likely N-dealkylation sites (tertiary alicyclic amines) is 1. The molecule has 1 aromatic carbocycles. The van der Waals surface area contributed by atoms with Crippen molar-refractivity contribution >= 4 is 29.7 Å². The summed E-state index contributed by atoms with van der Waals surface area (Å²) in [5.74, 6) is -0.388. The maximum Gasteiger partial charge on any atom is 0.303 e. The smallest absolute Gasteiger partial charge is 0.303 e. The van der Waals surface area contributed by atoms with Gasteiger partial charge >= 0.3 is 5.97 Å². The number of nitrogens with one attached hydrogen (secondary N) is 1. The van der Waals surface area contributed by atoms with E-state index in [1.54, 1.807) is 0 Å². The van der Waals surface area contributed by atoms with Crippen LogP contribution in [-0.2, 0) is 9.59 Å². The predicted molar refractivity (Wildman–Crippen MR) is 125 cm³/mol. The molecule has 1 saturated heterocycles. The highest BCUT2D eigenvalue weighted by Crippen LogP contribution is 2.54. The number of amides is 1. The number of carboxylic acid groups (broad SMARTS) is 1. The zero-order valence-corrected chi connectivity index (χ0v) is 19.5. The van der Waals surface area contributed by atoms with E-state index in [0.29, 0.717) is 38.0 Å². The summed E-state index contributed by atoms with van der Waals surface area (Å²) in [7, 11) is 1.95. The monoisotopic (exact) mass is 449 g/mol. The van der Waals surface area contributed by atoms with E-state index in [2.05, 4.69) is 23.2 Å². The Morgan fingerprint density at radius 3 is 2.71 bits per heavy atom. The van der Waals surface area contributed by atoms with Crippen LogP contribution in [-0.4, -0.2) is 59.1 Å². The SMILES string of the molecule is CNc1cc(Cl)ccc1C1CC(C)N(CN(C=O)CCCCC(=O)O)C12CCCCC2. The van der Waals surface area contributed by atoms with Crippen molar-refractivity contribution < 1.29 is 14.7 Å². The lowest BCUT2D eigenvalue weighted by Crippen LogP contribution is -2.54. The number of hydrogen-bond acceptors (Lipinski definition) is 4. The van der Waals surface area contributed by atoms with Gasteiger partial charge in [0.05, 0.1) is 6.67 Å². The number of carbonyl (C=O) groups excluding carboxylic acids is 1. The lowest BCUT2D eigenvalue weighted by molar-refractivity contribution is -0.137. The molecular weight excluding hydrogens is 414 g/mol. The normalized spacial score (nSPS) is 23.1. The number of unbranched alkanes of at least 4 members (excludes halogenated alkanes) is 1. The zero-order valence-electron chi connectivity index (χ0n) is 18.8. The summed E-state index contributed by atoms with van der Waals surface area (Å²) in [6.45, 7) is 3.49. The number of aliphatic carboxylic acids is 1. The van der Waals surface area contributed by atoms with E-state index in [0.717, 1.165) is 36.4 Å². The maximum absolute atomic E-state index is 11.8. The molecule has 172 valence electrons. The second-order valence-electron chi connectivity index (χ2n) is 9.16. The van der Waals surface area contributed by atoms with Gasteiger partial charge in [-0.05, 0) is 56.7 Å². The predicted octanol–water partition coefficient (Wildman–Crippen LogP) is 4.93. The Morgan fingerprint density at radius 2 is 2.06 bits per heavy atom. The molecule has 2 unspecified atom stereocenters. The molecule has 1 amide bonds. The van der Waals surface area contributed by atoms with Gasteiger partial charge in [-0.25, -0.2) is 0 Å². The summed E-state index contributed by atoms with van der Waals surface area (Å²) in [5, 5.41) is 12.9. The largest absolute Gasteiger partial charge is 0.481 e. The van der Waals surface area contributed by atoms with Crippen molar-refractivity contribution in [2.24, 2.45) is 0 Å². The quantitative estimate of drug-likeness (QED) is 0.391. The third-order valence-corrected chi connectivity index (χ3v) is 7.51. The highest BCUT2D eigenvalue weighted by atomic mass is 35.5. The summed E-state index contributed by atoms with van der Waals surface area (Å²) in [6, 6.07) is 6.54. The van der Waals surface area contributed by atoms with Crippen LogP contribution in [0.5, 0.6) is 0 Å². The van der Waals surface area contributed by atoms with Crippen molar-refractivity contribution in [1.29, 1.82) is 0 Å². The molecule has 1 aliphatic carbocycles. The van der Waals surface area contributed by atoms with Crippen molar-refractivity contribution in [3.05, 3.63) is 28.8 Å². The van der Waals surface area contributed by atoms with Gasteiger partial charge in [0, 0.05) is 48.2 Å². The van der Waals surface area contributed by atoms with Gasteiger partial charge < -0.3 is 15.3 Å². The van der Waals surface area contributed by atoms with Crippen LogP contribution < -0.4 is 5.32 Å². The number of rotatable bonds is 10. The van der Waals surface area contributed by atoms with Crippen molar-refractivity contribution in [2.45, 2.75) is 82.2 Å². The van der Waals surface area contributed by atoms with Gasteiger partial charge in [0.1, 0.15) is 0 Å². The van der Waals surface area contributed by atoms with Crippen molar-refractivity contribution in [3.8, 4) is 0 Å². The average molecular weight is 450 g/mol. The van der Waals surface area contributed by atoms with Crippen LogP contribution in [0.25, 0.3) is 0 Å². The second kappa shape index (κ2) is 10.7. The van der Waals surface area contributed by atoms with Crippen molar-refractivity contribution in [2.75, 3.05) is 25.6 Å². The molecule has 1 heterocycles. The topological polar surface area (TPSA) is 72.9 Å². The van der Waals surface area contributed by atoms with E-state index in [-0.39, 0.29) is 12.0 Å². The van der Waals surface area contributed by atoms with Crippen LogP contribution >= 0.6 is 11.6 Å². The van der Waals surface area contributed by atoms with E-state index in [4.69, 9.17) is 16.7 Å². The minimum Gasteiger partial charge on any atom is -0.481 e. The average Bonchev–Trinajstić information content (AvgIpc) is 3.01. The first-order chi connectivity index (χ1) is 14.9. The van der Waals surface area contributed by atoms with Gasteiger partial charge in [-0.15, -0.1) is 0 Å². The van der Waals surface area contributed by atoms with Crippen LogP contribution in [0.1, 0.15) is 76.2 Å². The van der Waals surface area contributed by atoms with Crippen molar-refractivity contribution in [1.82, 2.24) is 9.80 Å². The molecular formula is C24H36ClN3O3. The fourth-order valence-corrected chi connectivity index (χ4v) is 5.99. The van der Waals surface area contributed by atoms with Gasteiger partial charge in [-0.2, -0.15) is 0 Å². The van der Waals surface area contributed by atoms with Gasteiger partial charge in [-0.3, -0.25) is 14.5 Å². The van der Waals surface area contributed by atoms with Crippen LogP contribution in [0.3, 0.4) is 0 Å². The van der Waals surface area contributed by atoms with E-state index < -0.39 is 5.97 Å². The molecule has 1 spiro atoms. The summed E-state index contributed by atoms with van der Waals surface area (Å²) >= 11 is 6.27. The van der Waals surface area contributed by atoms with Gasteiger partial charge in [0.25, 0.3) is 0 Å². The standard InChI is InChI=1S/C24H36ClN3O3/c1-18-14-21(20-10-9-19(25)15-22(20)26-2)24(11-5-3-6-12-24)28(18)16-27(17-29)13-7-4-8-23(30)31/h9-10,15,17-18,21,26H,3-8,11-14,16H2,1-2H3,(H,30,31). The molecule has 31 heavy (non-hydrogen) atoms. The molecule has 2 aliphatic rings. The number of carbonyl (C=O) groups is 2. The Morgan fingerprint density at radius 1 is 1.32 bits per heavy atom. The van der Waals surface area contributed by atoms with Crippen molar-refractivity contribution in [3.63, 3.8) is 0 Å². The van der Waals surface area contributed by atoms with Crippen LogP contribution in [0.4, 0.5) is 5.69 Å². The molecule has 3 rings (SSSR count). The minimum absolute atomic E-state index is 0.0411.